The quantitative estimate of drug-likeness (QED) is 0.785. The van der Waals surface area contributed by atoms with Gasteiger partial charge in [0, 0.05) is 25.2 Å². The Balaban J connectivity index is 1.82. The molecule has 126 valence electrons. The number of aryl methyl sites for hydroxylation is 1. The summed E-state index contributed by atoms with van der Waals surface area (Å²) in [4.78, 5) is 25.5. The van der Waals surface area contributed by atoms with Gasteiger partial charge in [-0.05, 0) is 50.8 Å². The molecule has 1 saturated heterocycles. The molecular weight excluding hydrogens is 292 g/mol. The van der Waals surface area contributed by atoms with Crippen LogP contribution in [0.1, 0.15) is 38.7 Å². The number of nitrogens with zero attached hydrogens (tertiary/aromatic N) is 1. The Morgan fingerprint density at radius 2 is 1.87 bits per heavy atom. The molecule has 23 heavy (non-hydrogen) atoms. The van der Waals surface area contributed by atoms with E-state index in [9.17, 15) is 9.59 Å². The van der Waals surface area contributed by atoms with Crippen molar-refractivity contribution in [2.24, 2.45) is 0 Å². The summed E-state index contributed by atoms with van der Waals surface area (Å²) >= 11 is 0. The highest BCUT2D eigenvalue weighted by Gasteiger charge is 2.22. The molecular formula is C18H26N2O3. The molecule has 5 nitrogen and oxygen atoms in total. The largest absolute Gasteiger partial charge is 0.466 e. The van der Waals surface area contributed by atoms with E-state index in [1.54, 1.807) is 0 Å². The lowest BCUT2D eigenvalue weighted by molar-refractivity contribution is -0.143. The molecule has 1 aliphatic heterocycles. The number of benzene rings is 1. The first kappa shape index (κ1) is 17.3. The molecule has 1 atom stereocenters. The van der Waals surface area contributed by atoms with E-state index in [4.69, 9.17) is 4.74 Å². The molecule has 0 bridgehead atoms. The van der Waals surface area contributed by atoms with E-state index in [1.807, 2.05) is 43.0 Å². The van der Waals surface area contributed by atoms with Crippen molar-refractivity contribution >= 4 is 17.6 Å². The lowest BCUT2D eigenvalue weighted by Crippen LogP contribution is -2.39. The topological polar surface area (TPSA) is 58.6 Å². The molecule has 1 aliphatic rings. The van der Waals surface area contributed by atoms with Crippen LogP contribution in [0.2, 0.25) is 0 Å². The maximum absolute atomic E-state index is 12.3. The first-order valence-electron chi connectivity index (χ1n) is 8.40. The zero-order chi connectivity index (χ0) is 16.7. The minimum Gasteiger partial charge on any atom is -0.466 e. The van der Waals surface area contributed by atoms with Gasteiger partial charge in [0.05, 0.1) is 6.61 Å². The predicted molar refractivity (Wildman–Crippen MR) is 90.3 cm³/mol. The smallest absolute Gasteiger partial charge is 0.306 e. The van der Waals surface area contributed by atoms with Gasteiger partial charge in [-0.2, -0.15) is 0 Å². The Morgan fingerprint density at radius 1 is 1.22 bits per heavy atom. The van der Waals surface area contributed by atoms with Crippen molar-refractivity contribution in [3.8, 4) is 0 Å². The average molecular weight is 318 g/mol. The van der Waals surface area contributed by atoms with Crippen LogP contribution in [-0.2, 0) is 20.7 Å². The molecule has 1 N–H and O–H groups in total. The monoisotopic (exact) mass is 318 g/mol. The number of likely N-dealkylation sites (tertiary alicyclic amines) is 1. The van der Waals surface area contributed by atoms with E-state index < -0.39 is 0 Å². The normalized spacial score (nSPS) is 15.3. The number of nitrogens with one attached hydrogen (secondary N) is 1. The van der Waals surface area contributed by atoms with Crippen LogP contribution in [0.4, 0.5) is 5.69 Å². The third-order valence-electron chi connectivity index (χ3n) is 4.05. The first-order valence-corrected chi connectivity index (χ1v) is 8.40. The molecule has 0 unspecified atom stereocenters. The molecule has 0 aliphatic carbocycles. The fourth-order valence-corrected chi connectivity index (χ4v) is 2.77. The number of esters is 1. The molecule has 0 spiro atoms. The molecule has 1 aromatic rings. The van der Waals surface area contributed by atoms with Crippen LogP contribution >= 0.6 is 0 Å². The molecule has 1 fully saturated rings. The Labute approximate surface area is 138 Å². The third-order valence-corrected chi connectivity index (χ3v) is 4.05. The van der Waals surface area contributed by atoms with E-state index in [0.29, 0.717) is 19.4 Å². The number of amides is 1. The lowest BCUT2D eigenvalue weighted by atomic mass is 10.1. The second-order valence-corrected chi connectivity index (χ2v) is 5.90. The van der Waals surface area contributed by atoms with Crippen molar-refractivity contribution < 1.29 is 14.3 Å². The van der Waals surface area contributed by atoms with Crippen molar-refractivity contribution in [3.63, 3.8) is 0 Å². The van der Waals surface area contributed by atoms with Gasteiger partial charge in [0.15, 0.2) is 0 Å². The van der Waals surface area contributed by atoms with Gasteiger partial charge in [-0.3, -0.25) is 9.59 Å². The van der Waals surface area contributed by atoms with Crippen molar-refractivity contribution in [1.82, 2.24) is 4.90 Å². The van der Waals surface area contributed by atoms with Gasteiger partial charge >= 0.3 is 5.97 Å². The van der Waals surface area contributed by atoms with E-state index in [-0.39, 0.29) is 17.9 Å². The Bertz CT molecular complexity index is 522. The average Bonchev–Trinajstić information content (AvgIpc) is 3.08. The standard InChI is InChI=1S/C18H26N2O3/c1-3-23-17(21)11-8-15-6-9-16(10-7-15)19-14(2)18(22)20-12-4-5-13-20/h6-7,9-10,14,19H,3-5,8,11-13H2,1-2H3/t14-/m0/s1. The van der Waals surface area contributed by atoms with Crippen LogP contribution < -0.4 is 5.32 Å². The second-order valence-electron chi connectivity index (χ2n) is 5.90. The van der Waals surface area contributed by atoms with Crippen molar-refractivity contribution in [2.45, 2.75) is 45.6 Å². The van der Waals surface area contributed by atoms with Gasteiger partial charge in [0.1, 0.15) is 6.04 Å². The zero-order valence-electron chi connectivity index (χ0n) is 14.0. The summed E-state index contributed by atoms with van der Waals surface area (Å²) in [6.07, 6.45) is 3.27. The lowest BCUT2D eigenvalue weighted by Gasteiger charge is -2.22. The number of ether oxygens (including phenoxy) is 1. The van der Waals surface area contributed by atoms with Crippen LogP contribution in [0, 0.1) is 0 Å². The summed E-state index contributed by atoms with van der Waals surface area (Å²) in [5, 5.41) is 3.25. The van der Waals surface area contributed by atoms with Gasteiger partial charge in [0.25, 0.3) is 0 Å². The highest BCUT2D eigenvalue weighted by Crippen LogP contribution is 2.15. The summed E-state index contributed by atoms with van der Waals surface area (Å²) in [6, 6.07) is 7.64. The molecule has 2 rings (SSSR count). The molecule has 5 heteroatoms. The van der Waals surface area contributed by atoms with Gasteiger partial charge in [-0.1, -0.05) is 12.1 Å². The first-order chi connectivity index (χ1) is 11.1. The van der Waals surface area contributed by atoms with Crippen LogP contribution in [0.15, 0.2) is 24.3 Å². The van der Waals surface area contributed by atoms with Gasteiger partial charge in [-0.15, -0.1) is 0 Å². The van der Waals surface area contributed by atoms with Crippen LogP contribution in [0.25, 0.3) is 0 Å². The number of anilines is 1. The van der Waals surface area contributed by atoms with Gasteiger partial charge in [-0.25, -0.2) is 0 Å². The highest BCUT2D eigenvalue weighted by atomic mass is 16.5. The van der Waals surface area contributed by atoms with Crippen LogP contribution in [-0.4, -0.2) is 42.5 Å². The minimum atomic E-state index is -0.224. The number of rotatable bonds is 7. The van der Waals surface area contributed by atoms with E-state index in [2.05, 4.69) is 5.32 Å². The maximum atomic E-state index is 12.3. The fraction of sp³-hybridized carbons (Fsp3) is 0.556. The summed E-state index contributed by atoms with van der Waals surface area (Å²) in [5.74, 6) is -0.00609. The molecule has 0 radical (unpaired) electrons. The van der Waals surface area contributed by atoms with Crippen molar-refractivity contribution in [1.29, 1.82) is 0 Å². The molecule has 0 saturated carbocycles. The van der Waals surface area contributed by atoms with Crippen LogP contribution in [0.3, 0.4) is 0 Å². The predicted octanol–water partition coefficient (Wildman–Crippen LogP) is 2.61. The van der Waals surface area contributed by atoms with Crippen molar-refractivity contribution in [2.75, 3.05) is 25.0 Å². The molecule has 1 heterocycles. The zero-order valence-corrected chi connectivity index (χ0v) is 14.0. The van der Waals surface area contributed by atoms with E-state index in [0.717, 1.165) is 37.2 Å². The van der Waals surface area contributed by atoms with Crippen LogP contribution in [0.5, 0.6) is 0 Å². The number of hydrogen-bond donors (Lipinski definition) is 1. The Morgan fingerprint density at radius 3 is 2.48 bits per heavy atom. The minimum absolute atomic E-state index is 0.161. The Hall–Kier alpha value is -2.04. The van der Waals surface area contributed by atoms with Gasteiger partial charge in [0.2, 0.25) is 5.91 Å². The summed E-state index contributed by atoms with van der Waals surface area (Å²) < 4.78 is 4.92. The molecule has 0 aromatic heterocycles. The molecule has 1 amide bonds. The van der Waals surface area contributed by atoms with E-state index in [1.165, 1.54) is 0 Å². The number of hydrogen-bond acceptors (Lipinski definition) is 4. The maximum Gasteiger partial charge on any atom is 0.306 e. The summed E-state index contributed by atoms with van der Waals surface area (Å²) in [5.41, 5.74) is 2.01. The molecule has 1 aromatic carbocycles. The van der Waals surface area contributed by atoms with Crippen molar-refractivity contribution in [3.05, 3.63) is 29.8 Å². The second kappa shape index (κ2) is 8.56. The van der Waals surface area contributed by atoms with Gasteiger partial charge < -0.3 is 15.0 Å². The van der Waals surface area contributed by atoms with E-state index >= 15 is 0 Å². The number of carbonyl (C=O) groups excluding carboxylic acids is 2. The third kappa shape index (κ3) is 5.27. The SMILES string of the molecule is CCOC(=O)CCc1ccc(N[C@@H](C)C(=O)N2CCCC2)cc1. The number of carbonyl (C=O) groups is 2. The fourth-order valence-electron chi connectivity index (χ4n) is 2.77. The Kier molecular flexibility index (Phi) is 6.44. The summed E-state index contributed by atoms with van der Waals surface area (Å²) in [6.45, 7) is 5.87. The summed E-state index contributed by atoms with van der Waals surface area (Å²) in [7, 11) is 0. The highest BCUT2D eigenvalue weighted by molar-refractivity contribution is 5.84.